The van der Waals surface area contributed by atoms with Crippen LogP contribution in [-0.4, -0.2) is 23.0 Å². The van der Waals surface area contributed by atoms with Gasteiger partial charge in [-0.1, -0.05) is 0 Å². The molecule has 0 rings (SSSR count). The molecule has 0 aromatic carbocycles. The van der Waals surface area contributed by atoms with Gasteiger partial charge in [-0.25, -0.2) is 0 Å². The van der Waals surface area contributed by atoms with Crippen molar-refractivity contribution in [1.29, 1.82) is 0 Å². The summed E-state index contributed by atoms with van der Waals surface area (Å²) < 4.78 is 0. The Morgan fingerprint density at radius 2 is 1.08 bits per heavy atom. The Balaban J connectivity index is 4.89. The molecule has 0 saturated carbocycles. The van der Waals surface area contributed by atoms with E-state index in [0.29, 0.717) is 17.0 Å². The molecule has 0 N–H and O–H groups in total. The average molecular weight is 189 g/mol. The van der Waals surface area contributed by atoms with Crippen molar-refractivity contribution >= 4 is 13.3 Å². The van der Waals surface area contributed by atoms with Crippen molar-refractivity contribution in [2.75, 3.05) is 0 Å². The first kappa shape index (κ1) is 12.1. The Bertz CT molecular complexity index is 128. The van der Waals surface area contributed by atoms with E-state index >= 15 is 0 Å². The molecule has 0 amide bonds. The lowest BCUT2D eigenvalue weighted by molar-refractivity contribution is 0.567. The van der Waals surface area contributed by atoms with Crippen LogP contribution in [0.1, 0.15) is 41.5 Å². The fraction of sp³-hybridized carbons (Fsp3) is 0.900. The molecule has 0 aliphatic heterocycles. The van der Waals surface area contributed by atoms with Gasteiger partial charge in [0.1, 0.15) is 0 Å². The van der Waals surface area contributed by atoms with Crippen LogP contribution >= 0.6 is 7.26 Å². The van der Waals surface area contributed by atoms with Crippen molar-refractivity contribution in [2.45, 2.75) is 58.5 Å². The van der Waals surface area contributed by atoms with Crippen LogP contribution < -0.4 is 0 Å². The first-order valence-corrected chi connectivity index (χ1v) is 6.80. The van der Waals surface area contributed by atoms with Crippen molar-refractivity contribution in [2.24, 2.45) is 0 Å². The summed E-state index contributed by atoms with van der Waals surface area (Å²) >= 11 is 0. The van der Waals surface area contributed by atoms with Gasteiger partial charge >= 0.3 is 0 Å². The lowest BCUT2D eigenvalue weighted by Crippen LogP contribution is -2.24. The summed E-state index contributed by atoms with van der Waals surface area (Å²) in [6.45, 7) is 13.1. The van der Waals surface area contributed by atoms with Gasteiger partial charge in [0, 0.05) is 0 Å². The molecular weight excluding hydrogens is 167 g/mol. The van der Waals surface area contributed by atoms with Gasteiger partial charge in [-0.3, -0.25) is 4.79 Å². The third kappa shape index (κ3) is 1.88. The van der Waals surface area contributed by atoms with Crippen LogP contribution in [0.15, 0.2) is 0 Å². The molecule has 0 heterocycles. The van der Waals surface area contributed by atoms with Crippen LogP contribution in [0.25, 0.3) is 0 Å². The van der Waals surface area contributed by atoms with E-state index in [1.165, 1.54) is 6.03 Å². The molecule has 0 aromatic rings. The van der Waals surface area contributed by atoms with E-state index in [-0.39, 0.29) is 0 Å². The summed E-state index contributed by atoms with van der Waals surface area (Å²) in [6.07, 6.45) is 0. The van der Waals surface area contributed by atoms with Crippen LogP contribution in [0.5, 0.6) is 0 Å². The third-order valence-corrected chi connectivity index (χ3v) is 8.60. The quantitative estimate of drug-likeness (QED) is 0.489. The Hall–Kier alpha value is 0.100. The van der Waals surface area contributed by atoms with Crippen molar-refractivity contribution in [3.63, 3.8) is 0 Å². The molecule has 0 saturated heterocycles. The highest BCUT2D eigenvalue weighted by Crippen LogP contribution is 2.67. The summed E-state index contributed by atoms with van der Waals surface area (Å²) in [4.78, 5) is 11.2. The summed E-state index contributed by atoms with van der Waals surface area (Å²) in [5.74, 6) is 0. The Kier molecular flexibility index (Phi) is 4.40. The van der Waals surface area contributed by atoms with E-state index in [9.17, 15) is 4.79 Å². The molecule has 0 aromatic heterocycles. The fourth-order valence-electron chi connectivity index (χ4n) is 2.15. The Morgan fingerprint density at radius 3 is 1.08 bits per heavy atom. The van der Waals surface area contributed by atoms with Gasteiger partial charge < -0.3 is 0 Å². The summed E-state index contributed by atoms with van der Waals surface area (Å²) in [6, 6.07) is 1.27. The van der Waals surface area contributed by atoms with Gasteiger partial charge in [0.25, 0.3) is 6.03 Å². The lowest BCUT2D eigenvalue weighted by atomic mass is 10.5. The second-order valence-corrected chi connectivity index (χ2v) is 9.38. The molecule has 0 unspecified atom stereocenters. The molecular formula is C10H22OP+. The number of hydrogen-bond donors (Lipinski definition) is 0. The van der Waals surface area contributed by atoms with Crippen molar-refractivity contribution < 1.29 is 4.79 Å². The predicted molar refractivity (Wildman–Crippen MR) is 59.1 cm³/mol. The molecule has 0 aliphatic rings. The zero-order valence-electron chi connectivity index (χ0n) is 9.16. The molecule has 12 heavy (non-hydrogen) atoms. The van der Waals surface area contributed by atoms with Gasteiger partial charge in [0.05, 0.1) is 24.2 Å². The van der Waals surface area contributed by atoms with Gasteiger partial charge in [0.2, 0.25) is 0 Å². The van der Waals surface area contributed by atoms with E-state index in [1.807, 2.05) is 0 Å². The maximum absolute atomic E-state index is 11.2. The largest absolute Gasteiger partial charge is 0.257 e. The van der Waals surface area contributed by atoms with Crippen LogP contribution in [0.3, 0.4) is 0 Å². The van der Waals surface area contributed by atoms with Crippen LogP contribution in [-0.2, 0) is 4.79 Å². The zero-order chi connectivity index (χ0) is 9.94. The third-order valence-electron chi connectivity index (χ3n) is 2.87. The average Bonchev–Trinajstić information content (AvgIpc) is 1.86. The van der Waals surface area contributed by atoms with E-state index < -0.39 is 7.26 Å². The van der Waals surface area contributed by atoms with Gasteiger partial charge in [0.15, 0.2) is 0 Å². The van der Waals surface area contributed by atoms with Crippen molar-refractivity contribution in [3.05, 3.63) is 0 Å². The van der Waals surface area contributed by atoms with Crippen LogP contribution in [0, 0.1) is 0 Å². The molecule has 0 spiro atoms. The minimum Gasteiger partial charge on any atom is -0.257 e. The van der Waals surface area contributed by atoms with Gasteiger partial charge in [-0.05, 0) is 41.5 Å². The second kappa shape index (κ2) is 4.37. The normalized spacial score (nSPS) is 13.1. The van der Waals surface area contributed by atoms with E-state index in [2.05, 4.69) is 41.5 Å². The number of rotatable bonds is 4. The number of hydrogen-bond acceptors (Lipinski definition) is 1. The number of carbonyl (C=O) groups excluding carboxylic acids is 1. The fourth-order valence-corrected chi connectivity index (χ4v) is 6.46. The molecule has 0 fully saturated rings. The SMILES string of the molecule is CC(C)[P+](C=O)(C(C)C)C(C)C. The van der Waals surface area contributed by atoms with Crippen molar-refractivity contribution in [3.8, 4) is 0 Å². The molecule has 0 bridgehead atoms. The number of carbonyl (C=O) groups is 1. The molecule has 0 atom stereocenters. The highest BCUT2D eigenvalue weighted by Gasteiger charge is 2.47. The first-order chi connectivity index (χ1) is 5.39. The summed E-state index contributed by atoms with van der Waals surface area (Å²) in [5.41, 5.74) is 1.61. The van der Waals surface area contributed by atoms with E-state index in [4.69, 9.17) is 0 Å². The topological polar surface area (TPSA) is 17.1 Å². The van der Waals surface area contributed by atoms with Crippen molar-refractivity contribution in [1.82, 2.24) is 0 Å². The molecule has 72 valence electrons. The Morgan fingerprint density at radius 1 is 0.833 bits per heavy atom. The lowest BCUT2D eigenvalue weighted by Gasteiger charge is -2.32. The van der Waals surface area contributed by atoms with E-state index in [1.54, 1.807) is 0 Å². The summed E-state index contributed by atoms with van der Waals surface area (Å²) in [5, 5.41) is 0. The minimum absolute atomic E-state index is 0.537. The standard InChI is InChI=1S/C10H22OP/c1-8(2)12(7-11,9(3)4)10(5)6/h7-10H,1-6H3/q+1. The monoisotopic (exact) mass is 189 g/mol. The maximum atomic E-state index is 11.2. The Labute approximate surface area is 77.3 Å². The zero-order valence-corrected chi connectivity index (χ0v) is 10.1. The molecule has 0 aliphatic carbocycles. The highest BCUT2D eigenvalue weighted by atomic mass is 31.2. The minimum atomic E-state index is -1.37. The molecule has 2 heteroatoms. The molecule has 1 nitrogen and oxygen atoms in total. The summed E-state index contributed by atoms with van der Waals surface area (Å²) in [7, 11) is -1.37. The maximum Gasteiger partial charge on any atom is 0.257 e. The predicted octanol–water partition coefficient (Wildman–Crippen LogP) is 3.42. The van der Waals surface area contributed by atoms with Gasteiger partial charge in [-0.15, -0.1) is 0 Å². The van der Waals surface area contributed by atoms with Crippen LogP contribution in [0.2, 0.25) is 0 Å². The van der Waals surface area contributed by atoms with Crippen LogP contribution in [0.4, 0.5) is 0 Å². The smallest absolute Gasteiger partial charge is 0.257 e. The van der Waals surface area contributed by atoms with Gasteiger partial charge in [-0.2, -0.15) is 0 Å². The van der Waals surface area contributed by atoms with E-state index in [0.717, 1.165) is 0 Å². The highest BCUT2D eigenvalue weighted by molar-refractivity contribution is 7.90. The second-order valence-electron chi connectivity index (χ2n) is 4.28. The first-order valence-electron chi connectivity index (χ1n) is 4.73. The molecule has 0 radical (unpaired) electrons.